The molecule has 0 saturated carbocycles. The van der Waals surface area contributed by atoms with Gasteiger partial charge in [-0.05, 0) is 37.2 Å². The van der Waals surface area contributed by atoms with Crippen molar-refractivity contribution in [3.05, 3.63) is 92.8 Å². The van der Waals surface area contributed by atoms with Crippen LogP contribution in [0.1, 0.15) is 12.5 Å². The summed E-state index contributed by atoms with van der Waals surface area (Å²) < 4.78 is 1.20. The molecule has 1 aliphatic heterocycles. The molecule has 4 aromatic rings. The summed E-state index contributed by atoms with van der Waals surface area (Å²) in [6.07, 6.45) is 0.916. The minimum atomic E-state index is -0.456. The topological polar surface area (TPSA) is 84.5 Å². The minimum Gasteiger partial charge on any atom is -0.369 e. The Hall–Kier alpha value is -4.04. The van der Waals surface area contributed by atoms with Crippen molar-refractivity contribution < 1.29 is 4.92 Å². The number of aromatic nitrogens is 2. The summed E-state index contributed by atoms with van der Waals surface area (Å²) in [5, 5.41) is 17.9. The van der Waals surface area contributed by atoms with Gasteiger partial charge in [-0.15, -0.1) is 0 Å². The van der Waals surface area contributed by atoms with Crippen LogP contribution in [0.2, 0.25) is 0 Å². The van der Waals surface area contributed by atoms with Crippen molar-refractivity contribution in [2.75, 3.05) is 38.1 Å². The fraction of sp³-hybridized carbons (Fsp3) is 0.259. The van der Waals surface area contributed by atoms with Crippen molar-refractivity contribution in [3.8, 4) is 16.9 Å². The van der Waals surface area contributed by atoms with Gasteiger partial charge in [-0.25, -0.2) is 0 Å². The lowest BCUT2D eigenvalue weighted by Crippen LogP contribution is -2.44. The lowest BCUT2D eigenvalue weighted by molar-refractivity contribution is -0.384. The molecule has 8 heteroatoms. The fourth-order valence-electron chi connectivity index (χ4n) is 4.56. The lowest BCUT2D eigenvalue weighted by Gasteiger charge is -2.34. The zero-order chi connectivity index (χ0) is 24.5. The van der Waals surface area contributed by atoms with Crippen molar-refractivity contribution in [2.45, 2.75) is 13.3 Å². The number of hydrogen-bond donors (Lipinski definition) is 0. The number of aryl methyl sites for hydroxylation is 1. The molecule has 0 spiro atoms. The van der Waals surface area contributed by atoms with Gasteiger partial charge in [-0.3, -0.25) is 14.9 Å². The first kappa shape index (κ1) is 22.7. The van der Waals surface area contributed by atoms with Gasteiger partial charge >= 0.3 is 0 Å². The molecule has 35 heavy (non-hydrogen) atoms. The van der Waals surface area contributed by atoms with Crippen LogP contribution in [-0.2, 0) is 6.42 Å². The van der Waals surface area contributed by atoms with Crippen molar-refractivity contribution >= 4 is 22.1 Å². The predicted octanol–water partition coefficient (Wildman–Crippen LogP) is 4.28. The molecule has 3 aromatic carbocycles. The van der Waals surface area contributed by atoms with Crippen LogP contribution < -0.4 is 10.5 Å². The van der Waals surface area contributed by atoms with Gasteiger partial charge in [-0.2, -0.15) is 9.78 Å². The van der Waals surface area contributed by atoms with Crippen molar-refractivity contribution in [1.82, 2.24) is 14.7 Å². The summed E-state index contributed by atoms with van der Waals surface area (Å²) >= 11 is 0. The number of likely N-dealkylation sites (N-methyl/N-ethyl adjacent to an activating group) is 1. The molecule has 178 valence electrons. The molecular weight excluding hydrogens is 442 g/mol. The van der Waals surface area contributed by atoms with Crippen molar-refractivity contribution in [1.29, 1.82) is 0 Å². The van der Waals surface area contributed by atoms with Crippen molar-refractivity contribution in [3.63, 3.8) is 0 Å². The molecule has 0 N–H and O–H groups in total. The highest BCUT2D eigenvalue weighted by Gasteiger charge is 2.23. The second-order valence-corrected chi connectivity index (χ2v) is 8.88. The third kappa shape index (κ3) is 4.28. The molecule has 0 unspecified atom stereocenters. The summed E-state index contributed by atoms with van der Waals surface area (Å²) in [4.78, 5) is 29.5. The first-order valence-electron chi connectivity index (χ1n) is 11.8. The van der Waals surface area contributed by atoms with Gasteiger partial charge in [-0.1, -0.05) is 49.4 Å². The number of anilines is 1. The van der Waals surface area contributed by atoms with Crippen LogP contribution >= 0.6 is 0 Å². The van der Waals surface area contributed by atoms with Crippen LogP contribution in [0.15, 0.2) is 71.5 Å². The van der Waals surface area contributed by atoms with E-state index in [-0.39, 0.29) is 16.9 Å². The Morgan fingerprint density at radius 2 is 1.63 bits per heavy atom. The summed E-state index contributed by atoms with van der Waals surface area (Å²) in [5.74, 6) is 0. The van der Waals surface area contributed by atoms with Gasteiger partial charge in [0.25, 0.3) is 11.2 Å². The Labute approximate surface area is 203 Å². The molecule has 2 heterocycles. The van der Waals surface area contributed by atoms with E-state index in [9.17, 15) is 14.9 Å². The van der Waals surface area contributed by atoms with Crippen LogP contribution in [0.5, 0.6) is 0 Å². The zero-order valence-electron chi connectivity index (χ0n) is 19.8. The van der Waals surface area contributed by atoms with E-state index in [1.54, 1.807) is 24.3 Å². The molecule has 0 aliphatic carbocycles. The maximum Gasteiger partial charge on any atom is 0.295 e. The van der Waals surface area contributed by atoms with Gasteiger partial charge in [0, 0.05) is 48.9 Å². The molecular formula is C27H27N5O3. The summed E-state index contributed by atoms with van der Waals surface area (Å²) in [6.45, 7) is 5.51. The van der Waals surface area contributed by atoms with E-state index < -0.39 is 4.92 Å². The first-order chi connectivity index (χ1) is 17.0. The van der Waals surface area contributed by atoms with Gasteiger partial charge in [0.15, 0.2) is 0 Å². The van der Waals surface area contributed by atoms with E-state index >= 15 is 0 Å². The second kappa shape index (κ2) is 9.31. The average molecular weight is 470 g/mol. The molecule has 0 amide bonds. The van der Waals surface area contributed by atoms with E-state index in [0.29, 0.717) is 11.1 Å². The second-order valence-electron chi connectivity index (χ2n) is 8.88. The van der Waals surface area contributed by atoms with E-state index in [0.717, 1.165) is 49.2 Å². The van der Waals surface area contributed by atoms with E-state index in [4.69, 9.17) is 5.10 Å². The maximum absolute atomic E-state index is 13.6. The Balaban J connectivity index is 1.73. The SMILES string of the molecule is CCc1ccc(-c2nn(-c3cc(N4CCN(C)CC4)ccc3[N+](=O)[O-])c(=O)c3ccccc23)cc1. The molecule has 0 atom stereocenters. The van der Waals surface area contributed by atoms with Crippen LogP contribution in [0, 0.1) is 10.1 Å². The van der Waals surface area contributed by atoms with Crippen LogP contribution in [0.25, 0.3) is 27.7 Å². The smallest absolute Gasteiger partial charge is 0.295 e. The predicted molar refractivity (Wildman–Crippen MR) is 139 cm³/mol. The van der Waals surface area contributed by atoms with Crippen molar-refractivity contribution in [2.24, 2.45) is 0 Å². The Morgan fingerprint density at radius 1 is 0.943 bits per heavy atom. The number of rotatable bonds is 5. The number of nitrogens with zero attached hydrogens (tertiary/aromatic N) is 5. The normalized spacial score (nSPS) is 14.4. The van der Waals surface area contributed by atoms with E-state index in [1.807, 2.05) is 36.4 Å². The van der Waals surface area contributed by atoms with Gasteiger partial charge in [0.2, 0.25) is 0 Å². The van der Waals surface area contributed by atoms with Gasteiger partial charge in [0.1, 0.15) is 5.69 Å². The Kier molecular flexibility index (Phi) is 6.05. The molecule has 0 bridgehead atoms. The molecule has 1 aromatic heterocycles. The highest BCUT2D eigenvalue weighted by molar-refractivity contribution is 5.94. The molecule has 1 aliphatic rings. The number of benzene rings is 3. The number of piperazine rings is 1. The zero-order valence-corrected chi connectivity index (χ0v) is 19.8. The first-order valence-corrected chi connectivity index (χ1v) is 11.8. The highest BCUT2D eigenvalue weighted by atomic mass is 16.6. The molecule has 1 saturated heterocycles. The standard InChI is InChI=1S/C27H27N5O3/c1-3-19-8-10-20(11-9-19)26-22-6-4-5-7-23(22)27(33)31(28-26)25-18-21(12-13-24(25)32(34)35)30-16-14-29(2)15-17-30/h4-13,18H,3,14-17H2,1-2H3. The Morgan fingerprint density at radius 3 is 2.29 bits per heavy atom. The third-order valence-corrected chi connectivity index (χ3v) is 6.69. The largest absolute Gasteiger partial charge is 0.369 e. The minimum absolute atomic E-state index is 0.153. The van der Waals surface area contributed by atoms with Gasteiger partial charge < -0.3 is 9.80 Å². The number of nitro groups is 1. The van der Waals surface area contributed by atoms with Gasteiger partial charge in [0.05, 0.1) is 16.0 Å². The summed E-state index contributed by atoms with van der Waals surface area (Å²) in [5.41, 5.74) is 3.14. The van der Waals surface area contributed by atoms with E-state index in [2.05, 4.69) is 23.8 Å². The molecule has 5 rings (SSSR count). The average Bonchev–Trinajstić information content (AvgIpc) is 2.89. The lowest BCUT2D eigenvalue weighted by atomic mass is 10.0. The monoisotopic (exact) mass is 469 g/mol. The highest BCUT2D eigenvalue weighted by Crippen LogP contribution is 2.30. The van der Waals surface area contributed by atoms with E-state index in [1.165, 1.54) is 16.3 Å². The maximum atomic E-state index is 13.6. The number of nitro benzene ring substituents is 1. The van der Waals surface area contributed by atoms with Crippen LogP contribution in [-0.4, -0.2) is 52.8 Å². The third-order valence-electron chi connectivity index (χ3n) is 6.69. The summed E-state index contributed by atoms with van der Waals surface area (Å²) in [6, 6.07) is 20.3. The van der Waals surface area contributed by atoms with Crippen LogP contribution in [0.3, 0.4) is 0 Å². The molecule has 1 fully saturated rings. The fourth-order valence-corrected chi connectivity index (χ4v) is 4.56. The quantitative estimate of drug-likeness (QED) is 0.321. The Bertz CT molecular complexity index is 1450. The van der Waals surface area contributed by atoms with Crippen LogP contribution in [0.4, 0.5) is 11.4 Å². The summed E-state index contributed by atoms with van der Waals surface area (Å²) in [7, 11) is 2.08. The molecule has 8 nitrogen and oxygen atoms in total. The number of fused-ring (bicyclic) bond motifs is 1. The number of hydrogen-bond acceptors (Lipinski definition) is 6. The molecule has 0 radical (unpaired) electrons.